The van der Waals surface area contributed by atoms with E-state index in [0.29, 0.717) is 24.7 Å². The molecule has 5 nitrogen and oxygen atoms in total. The summed E-state index contributed by atoms with van der Waals surface area (Å²) < 4.78 is 4.93. The highest BCUT2D eigenvalue weighted by atomic mass is 16.5. The third kappa shape index (κ3) is 2.82. The lowest BCUT2D eigenvalue weighted by atomic mass is 10.2. The van der Waals surface area contributed by atoms with Crippen molar-refractivity contribution in [1.29, 1.82) is 5.26 Å². The van der Waals surface area contributed by atoms with E-state index in [9.17, 15) is 0 Å². The Morgan fingerprint density at radius 1 is 1.47 bits per heavy atom. The average Bonchev–Trinajstić information content (AvgIpc) is 2.77. The Morgan fingerprint density at radius 3 is 3.06 bits per heavy atom. The summed E-state index contributed by atoms with van der Waals surface area (Å²) in [5, 5.41) is 15.5. The van der Waals surface area contributed by atoms with Crippen LogP contribution in [0.25, 0.3) is 11.4 Å². The first-order valence-corrected chi connectivity index (χ1v) is 5.31. The maximum absolute atomic E-state index is 8.46. The lowest BCUT2D eigenvalue weighted by Gasteiger charge is -2.04. The second-order valence-corrected chi connectivity index (χ2v) is 3.55. The quantitative estimate of drug-likeness (QED) is 0.813. The zero-order valence-electron chi connectivity index (χ0n) is 9.47. The summed E-state index contributed by atoms with van der Waals surface area (Å²) in [7, 11) is 0. The van der Waals surface area contributed by atoms with E-state index in [0.717, 1.165) is 11.3 Å². The molecule has 0 fully saturated rings. The molecule has 0 aliphatic carbocycles. The first-order valence-electron chi connectivity index (χ1n) is 5.31. The highest BCUT2D eigenvalue weighted by Crippen LogP contribution is 2.19. The van der Waals surface area contributed by atoms with Gasteiger partial charge in [0.2, 0.25) is 11.7 Å². The fourth-order valence-corrected chi connectivity index (χ4v) is 1.45. The third-order valence-corrected chi connectivity index (χ3v) is 2.21. The first kappa shape index (κ1) is 11.1. The Hall–Kier alpha value is -2.35. The van der Waals surface area contributed by atoms with Crippen LogP contribution in [0, 0.1) is 18.3 Å². The molecule has 0 aliphatic heterocycles. The van der Waals surface area contributed by atoms with Gasteiger partial charge in [-0.25, -0.2) is 0 Å². The minimum Gasteiger partial charge on any atom is -0.384 e. The Kier molecular flexibility index (Phi) is 3.36. The maximum Gasteiger partial charge on any atom is 0.223 e. The standard InChI is InChI=1S/C12H12N4O/c1-9-15-12(16-17-9)10-4-2-5-11(8-10)14-7-3-6-13/h2,4-5,8,14H,3,7H2,1H3. The van der Waals surface area contributed by atoms with Gasteiger partial charge in [-0.05, 0) is 12.1 Å². The van der Waals surface area contributed by atoms with Crippen LogP contribution in [0.2, 0.25) is 0 Å². The Bertz CT molecular complexity index is 541. The number of hydrogen-bond donors (Lipinski definition) is 1. The molecule has 0 bridgehead atoms. The predicted molar refractivity (Wildman–Crippen MR) is 63.2 cm³/mol. The summed E-state index contributed by atoms with van der Waals surface area (Å²) in [5.74, 6) is 1.12. The van der Waals surface area contributed by atoms with Crippen LogP contribution >= 0.6 is 0 Å². The van der Waals surface area contributed by atoms with Crippen molar-refractivity contribution in [3.63, 3.8) is 0 Å². The highest BCUT2D eigenvalue weighted by molar-refractivity contribution is 5.61. The number of aryl methyl sites for hydroxylation is 1. The topological polar surface area (TPSA) is 74.7 Å². The van der Waals surface area contributed by atoms with Gasteiger partial charge in [-0.1, -0.05) is 17.3 Å². The van der Waals surface area contributed by atoms with Gasteiger partial charge < -0.3 is 9.84 Å². The number of benzene rings is 1. The predicted octanol–water partition coefficient (Wildman–Crippen LogP) is 2.37. The van der Waals surface area contributed by atoms with Crippen molar-refractivity contribution in [3.05, 3.63) is 30.2 Å². The van der Waals surface area contributed by atoms with Gasteiger partial charge in [-0.2, -0.15) is 10.2 Å². The van der Waals surface area contributed by atoms with E-state index in [1.807, 2.05) is 24.3 Å². The molecular weight excluding hydrogens is 216 g/mol. The number of hydrogen-bond acceptors (Lipinski definition) is 5. The summed E-state index contributed by atoms with van der Waals surface area (Å²) in [6.07, 6.45) is 0.478. The molecule has 0 atom stereocenters. The lowest BCUT2D eigenvalue weighted by molar-refractivity contribution is 0.394. The molecule has 17 heavy (non-hydrogen) atoms. The van der Waals surface area contributed by atoms with Crippen molar-refractivity contribution in [1.82, 2.24) is 10.1 Å². The zero-order valence-corrected chi connectivity index (χ0v) is 9.47. The van der Waals surface area contributed by atoms with Gasteiger partial charge in [0.25, 0.3) is 0 Å². The average molecular weight is 228 g/mol. The van der Waals surface area contributed by atoms with E-state index < -0.39 is 0 Å². The van der Waals surface area contributed by atoms with Gasteiger partial charge in [-0.3, -0.25) is 0 Å². The third-order valence-electron chi connectivity index (χ3n) is 2.21. The van der Waals surface area contributed by atoms with Crippen LogP contribution in [0.5, 0.6) is 0 Å². The van der Waals surface area contributed by atoms with Gasteiger partial charge in [0.15, 0.2) is 0 Å². The molecule has 2 aromatic rings. The van der Waals surface area contributed by atoms with Gasteiger partial charge in [0.05, 0.1) is 12.5 Å². The van der Waals surface area contributed by atoms with Crippen molar-refractivity contribution in [3.8, 4) is 17.5 Å². The molecule has 86 valence electrons. The Labute approximate surface area is 99.1 Å². The molecule has 0 saturated heterocycles. The van der Waals surface area contributed by atoms with Crippen LogP contribution in [-0.4, -0.2) is 16.7 Å². The number of nitriles is 1. The monoisotopic (exact) mass is 228 g/mol. The van der Waals surface area contributed by atoms with E-state index >= 15 is 0 Å². The molecule has 5 heteroatoms. The Balaban J connectivity index is 2.14. The Morgan fingerprint density at radius 2 is 2.35 bits per heavy atom. The fourth-order valence-electron chi connectivity index (χ4n) is 1.45. The van der Waals surface area contributed by atoms with Crippen molar-refractivity contribution in [2.24, 2.45) is 0 Å². The SMILES string of the molecule is Cc1nc(-c2cccc(NCCC#N)c2)no1. The van der Waals surface area contributed by atoms with Crippen LogP contribution in [0.4, 0.5) is 5.69 Å². The van der Waals surface area contributed by atoms with Crippen molar-refractivity contribution < 1.29 is 4.52 Å². The number of nitrogens with one attached hydrogen (secondary N) is 1. The molecule has 0 unspecified atom stereocenters. The van der Waals surface area contributed by atoms with Gasteiger partial charge in [0, 0.05) is 24.7 Å². The van der Waals surface area contributed by atoms with E-state index in [2.05, 4.69) is 21.5 Å². The molecule has 0 radical (unpaired) electrons. The second kappa shape index (κ2) is 5.12. The summed E-state index contributed by atoms with van der Waals surface area (Å²) >= 11 is 0. The van der Waals surface area contributed by atoms with Crippen molar-refractivity contribution in [2.75, 3.05) is 11.9 Å². The van der Waals surface area contributed by atoms with Crippen LogP contribution in [0.3, 0.4) is 0 Å². The smallest absolute Gasteiger partial charge is 0.223 e. The molecule has 1 heterocycles. The van der Waals surface area contributed by atoms with Crippen LogP contribution in [-0.2, 0) is 0 Å². The normalized spacial score (nSPS) is 9.88. The van der Waals surface area contributed by atoms with Crippen molar-refractivity contribution in [2.45, 2.75) is 13.3 Å². The van der Waals surface area contributed by atoms with E-state index in [1.165, 1.54) is 0 Å². The number of rotatable bonds is 4. The number of aromatic nitrogens is 2. The summed E-state index contributed by atoms with van der Waals surface area (Å²) in [4.78, 5) is 4.16. The van der Waals surface area contributed by atoms with E-state index in [-0.39, 0.29) is 0 Å². The molecule has 0 saturated carbocycles. The summed E-state index contributed by atoms with van der Waals surface area (Å²) in [5.41, 5.74) is 1.84. The fraction of sp³-hybridized carbons (Fsp3) is 0.250. The molecule has 1 aromatic carbocycles. The second-order valence-electron chi connectivity index (χ2n) is 3.55. The minimum absolute atomic E-state index is 0.478. The molecular formula is C12H12N4O. The molecule has 0 spiro atoms. The van der Waals surface area contributed by atoms with E-state index in [1.54, 1.807) is 6.92 Å². The van der Waals surface area contributed by atoms with Gasteiger partial charge >= 0.3 is 0 Å². The zero-order chi connectivity index (χ0) is 12.1. The molecule has 0 aliphatic rings. The van der Waals surface area contributed by atoms with E-state index in [4.69, 9.17) is 9.78 Å². The first-order chi connectivity index (χ1) is 8.29. The summed E-state index contributed by atoms with van der Waals surface area (Å²) in [6.45, 7) is 2.39. The number of anilines is 1. The largest absolute Gasteiger partial charge is 0.384 e. The highest BCUT2D eigenvalue weighted by Gasteiger charge is 2.05. The van der Waals surface area contributed by atoms with Crippen LogP contribution in [0.1, 0.15) is 12.3 Å². The minimum atomic E-state index is 0.478. The molecule has 2 rings (SSSR count). The molecule has 0 amide bonds. The number of nitrogens with zero attached hydrogens (tertiary/aromatic N) is 3. The lowest BCUT2D eigenvalue weighted by Crippen LogP contribution is -2.00. The van der Waals surface area contributed by atoms with Crippen LogP contribution < -0.4 is 5.32 Å². The maximum atomic E-state index is 8.46. The molecule has 1 N–H and O–H groups in total. The van der Waals surface area contributed by atoms with Gasteiger partial charge in [0.1, 0.15) is 0 Å². The van der Waals surface area contributed by atoms with Crippen molar-refractivity contribution >= 4 is 5.69 Å². The van der Waals surface area contributed by atoms with Crippen LogP contribution in [0.15, 0.2) is 28.8 Å². The summed E-state index contributed by atoms with van der Waals surface area (Å²) in [6, 6.07) is 9.78. The van der Waals surface area contributed by atoms with Gasteiger partial charge in [-0.15, -0.1) is 0 Å². The molecule has 1 aromatic heterocycles.